The molecule has 0 aliphatic carbocycles. The average molecular weight is 510 g/mol. The molecule has 2 rings (SSSR count). The van der Waals surface area contributed by atoms with Crippen LogP contribution in [0.2, 0.25) is 0 Å². The Balaban J connectivity index is 3.06. The molecule has 0 fully saturated rings. The monoisotopic (exact) mass is 509 g/mol. The van der Waals surface area contributed by atoms with Gasteiger partial charge >= 0.3 is 0 Å². The highest BCUT2D eigenvalue weighted by Gasteiger charge is 2.49. The van der Waals surface area contributed by atoms with Gasteiger partial charge in [0.05, 0.1) is 27.0 Å². The molecule has 1 aromatic carbocycles. The minimum atomic E-state index is -2.08. The Morgan fingerprint density at radius 3 is 1.61 bits per heavy atom. The van der Waals surface area contributed by atoms with Crippen LogP contribution in [0, 0.1) is 0 Å². The van der Waals surface area contributed by atoms with Crippen molar-refractivity contribution >= 4 is 28.7 Å². The molecular formula is C26H41BrNO2P. The van der Waals surface area contributed by atoms with Crippen LogP contribution in [-0.2, 0) is 25.7 Å². The van der Waals surface area contributed by atoms with Crippen LogP contribution >= 0.6 is 23.0 Å². The molecule has 0 saturated carbocycles. The lowest BCUT2D eigenvalue weighted by Crippen LogP contribution is -2.21. The number of allylic oxidation sites excluding steroid dienone is 2. The predicted molar refractivity (Wildman–Crippen MR) is 140 cm³/mol. The van der Waals surface area contributed by atoms with Crippen LogP contribution in [0.15, 0.2) is 37.7 Å². The van der Waals surface area contributed by atoms with E-state index < -0.39 is 7.05 Å². The van der Waals surface area contributed by atoms with E-state index in [-0.39, 0.29) is 16.2 Å². The van der Waals surface area contributed by atoms with Gasteiger partial charge in [-0.2, -0.15) is 0 Å². The van der Waals surface area contributed by atoms with Crippen molar-refractivity contribution in [2.75, 3.05) is 14.2 Å². The third kappa shape index (κ3) is 4.86. The van der Waals surface area contributed by atoms with Gasteiger partial charge in [-0.1, -0.05) is 74.4 Å². The molecule has 1 unspecified atom stereocenters. The first-order valence-corrected chi connectivity index (χ1v) is 13.4. The normalized spacial score (nSPS) is 20.5. The number of ether oxygens (including phenoxy) is 2. The summed E-state index contributed by atoms with van der Waals surface area (Å²) in [6.45, 7) is 24.8. The molecule has 0 N–H and O–H groups in total. The molecule has 1 atom stereocenters. The van der Waals surface area contributed by atoms with Gasteiger partial charge in [-0.3, -0.25) is 4.74 Å². The SMILES string of the molecule is COC1=C(C)P1(=Nc1c(C(C)(C)C)cc(C(C)(C)C)cc1C(C)(C)C)/C(C)=C(\Br)OC. The van der Waals surface area contributed by atoms with Gasteiger partial charge in [0.25, 0.3) is 0 Å². The predicted octanol–water partition coefficient (Wildman–Crippen LogP) is 9.49. The van der Waals surface area contributed by atoms with Crippen LogP contribution in [0.25, 0.3) is 0 Å². The number of hydrogen-bond donors (Lipinski definition) is 0. The van der Waals surface area contributed by atoms with Crippen LogP contribution in [0.3, 0.4) is 0 Å². The summed E-state index contributed by atoms with van der Waals surface area (Å²) in [7, 11) is 1.36. The first kappa shape index (κ1) is 26.3. The second kappa shape index (κ2) is 8.41. The molecule has 1 aromatic rings. The Kier molecular flexibility index (Phi) is 7.13. The molecule has 1 heterocycles. The maximum Gasteiger partial charge on any atom is 0.167 e. The lowest BCUT2D eigenvalue weighted by molar-refractivity contribution is 0.324. The molecule has 3 nitrogen and oxygen atoms in total. The molecule has 0 amide bonds. The molecule has 31 heavy (non-hydrogen) atoms. The molecular weight excluding hydrogens is 469 g/mol. The number of hydrogen-bond acceptors (Lipinski definition) is 3. The summed E-state index contributed by atoms with van der Waals surface area (Å²) in [6.07, 6.45) is 0. The third-order valence-corrected chi connectivity index (χ3v) is 11.0. The van der Waals surface area contributed by atoms with Crippen molar-refractivity contribution < 1.29 is 9.47 Å². The van der Waals surface area contributed by atoms with Gasteiger partial charge in [0.2, 0.25) is 0 Å². The summed E-state index contributed by atoms with van der Waals surface area (Å²) in [4.78, 5) is 0. The zero-order chi connectivity index (χ0) is 24.2. The first-order chi connectivity index (χ1) is 13.9. The number of benzene rings is 1. The van der Waals surface area contributed by atoms with Gasteiger partial charge in [0.1, 0.15) is 5.50 Å². The number of rotatable bonds is 4. The zero-order valence-electron chi connectivity index (χ0n) is 21.7. The maximum absolute atomic E-state index is 5.83. The van der Waals surface area contributed by atoms with E-state index in [1.54, 1.807) is 14.2 Å². The molecule has 0 spiro atoms. The highest BCUT2D eigenvalue weighted by molar-refractivity contribution is 9.11. The minimum absolute atomic E-state index is 0.0443. The summed E-state index contributed by atoms with van der Waals surface area (Å²) < 4.78 is 17.7. The summed E-state index contributed by atoms with van der Waals surface area (Å²) in [5.74, 6) is 0. The summed E-state index contributed by atoms with van der Waals surface area (Å²) in [6, 6.07) is 4.75. The van der Waals surface area contributed by atoms with Gasteiger partial charge < -0.3 is 9.47 Å². The van der Waals surface area contributed by atoms with E-state index >= 15 is 0 Å². The Labute approximate surface area is 198 Å². The molecule has 0 radical (unpaired) electrons. The van der Waals surface area contributed by atoms with E-state index in [0.717, 1.165) is 21.2 Å². The quantitative estimate of drug-likeness (QED) is 0.298. The summed E-state index contributed by atoms with van der Waals surface area (Å²) in [5, 5.41) is 2.35. The van der Waals surface area contributed by atoms with Crippen molar-refractivity contribution in [3.05, 3.63) is 49.6 Å². The fraction of sp³-hybridized carbons (Fsp3) is 0.615. The van der Waals surface area contributed by atoms with E-state index in [9.17, 15) is 0 Å². The summed E-state index contributed by atoms with van der Waals surface area (Å²) >= 11 is 3.61. The third-order valence-electron chi connectivity index (χ3n) is 6.02. The van der Waals surface area contributed by atoms with Crippen LogP contribution in [0.1, 0.15) is 92.9 Å². The van der Waals surface area contributed by atoms with Crippen molar-refractivity contribution in [2.45, 2.75) is 92.4 Å². The fourth-order valence-electron chi connectivity index (χ4n) is 3.94. The topological polar surface area (TPSA) is 30.8 Å². The molecule has 0 aromatic heterocycles. The Bertz CT molecular complexity index is 961. The van der Waals surface area contributed by atoms with Gasteiger partial charge in [-0.15, -0.1) is 0 Å². The standard InChI is InChI=1S/C26H41BrNO2P/c1-16(22(27)29-12)31(17(2)23(31)30-13)28-21-19(25(6,7)8)14-18(24(3,4)5)15-20(21)26(9,10)11/h14-15H,1-13H3/b22-16+. The molecule has 1 aliphatic heterocycles. The average Bonchev–Trinajstić information content (AvgIpc) is 3.20. The Morgan fingerprint density at radius 1 is 0.871 bits per heavy atom. The minimum Gasteiger partial charge on any atom is -0.494 e. The number of nitrogens with zero attached hydrogens (tertiary/aromatic N) is 1. The number of halogens is 1. The smallest absolute Gasteiger partial charge is 0.167 e. The molecule has 1 aliphatic rings. The van der Waals surface area contributed by atoms with E-state index in [0.29, 0.717) is 0 Å². The van der Waals surface area contributed by atoms with Crippen molar-refractivity contribution in [3.63, 3.8) is 0 Å². The van der Waals surface area contributed by atoms with Gasteiger partial charge in [-0.25, -0.2) is 0 Å². The van der Waals surface area contributed by atoms with Crippen molar-refractivity contribution in [2.24, 2.45) is 4.74 Å². The largest absolute Gasteiger partial charge is 0.494 e. The Hall–Kier alpha value is -0.990. The molecule has 0 saturated heterocycles. The highest BCUT2D eigenvalue weighted by Crippen LogP contribution is 2.85. The summed E-state index contributed by atoms with van der Waals surface area (Å²) in [5.41, 5.74) is 6.04. The van der Waals surface area contributed by atoms with E-state index in [1.165, 1.54) is 22.0 Å². The van der Waals surface area contributed by atoms with Crippen molar-refractivity contribution in [1.82, 2.24) is 0 Å². The van der Waals surface area contributed by atoms with Crippen LogP contribution in [0.5, 0.6) is 0 Å². The second-order valence-electron chi connectivity index (χ2n) is 11.6. The molecule has 174 valence electrons. The van der Waals surface area contributed by atoms with Gasteiger partial charge in [0.15, 0.2) is 4.67 Å². The van der Waals surface area contributed by atoms with Crippen molar-refractivity contribution in [3.8, 4) is 0 Å². The van der Waals surface area contributed by atoms with E-state index in [1.807, 2.05) is 0 Å². The van der Waals surface area contributed by atoms with E-state index in [4.69, 9.17) is 14.2 Å². The van der Waals surface area contributed by atoms with E-state index in [2.05, 4.69) is 104 Å². The second-order valence-corrected chi connectivity index (χ2v) is 15.5. The number of methoxy groups -OCH3 is 2. The van der Waals surface area contributed by atoms with Gasteiger partial charge in [0, 0.05) is 10.6 Å². The fourth-order valence-corrected chi connectivity index (χ4v) is 8.05. The maximum atomic E-state index is 5.83. The molecule has 5 heteroatoms. The van der Waals surface area contributed by atoms with Crippen LogP contribution in [-0.4, -0.2) is 14.2 Å². The zero-order valence-corrected chi connectivity index (χ0v) is 24.2. The van der Waals surface area contributed by atoms with Gasteiger partial charge in [-0.05, 0) is 62.7 Å². The van der Waals surface area contributed by atoms with Crippen LogP contribution < -0.4 is 0 Å². The lowest BCUT2D eigenvalue weighted by atomic mass is 9.74. The lowest BCUT2D eigenvalue weighted by Gasteiger charge is -2.32. The van der Waals surface area contributed by atoms with Crippen molar-refractivity contribution in [1.29, 1.82) is 0 Å². The first-order valence-electron chi connectivity index (χ1n) is 10.9. The molecule has 0 bridgehead atoms. The highest BCUT2D eigenvalue weighted by atomic mass is 79.9. The Morgan fingerprint density at radius 2 is 1.32 bits per heavy atom. The van der Waals surface area contributed by atoms with Crippen LogP contribution in [0.4, 0.5) is 5.69 Å².